The first kappa shape index (κ1) is 19.1. The van der Waals surface area contributed by atoms with Gasteiger partial charge >= 0.3 is 6.03 Å². The zero-order chi connectivity index (χ0) is 19.2. The van der Waals surface area contributed by atoms with E-state index in [0.717, 1.165) is 43.2 Å². The van der Waals surface area contributed by atoms with Crippen molar-refractivity contribution < 1.29 is 9.53 Å². The molecule has 0 aromatic heterocycles. The van der Waals surface area contributed by atoms with Crippen LogP contribution in [0.3, 0.4) is 0 Å². The predicted octanol–water partition coefficient (Wildman–Crippen LogP) is 3.85. The van der Waals surface area contributed by atoms with Crippen LogP contribution in [0.4, 0.5) is 10.5 Å². The van der Waals surface area contributed by atoms with Crippen molar-refractivity contribution in [3.8, 4) is 5.75 Å². The first-order valence-electron chi connectivity index (χ1n) is 9.57. The van der Waals surface area contributed by atoms with Crippen molar-refractivity contribution in [2.45, 2.75) is 26.4 Å². The van der Waals surface area contributed by atoms with Crippen LogP contribution < -0.4 is 9.64 Å². The first-order valence-corrected chi connectivity index (χ1v) is 9.57. The van der Waals surface area contributed by atoms with E-state index in [-0.39, 0.29) is 12.1 Å². The Hall–Kier alpha value is -2.69. The molecule has 144 valence electrons. The molecule has 1 fully saturated rings. The van der Waals surface area contributed by atoms with Gasteiger partial charge in [-0.2, -0.15) is 0 Å². The molecule has 1 aliphatic heterocycles. The number of carbonyl (C=O) groups is 1. The minimum Gasteiger partial charge on any atom is -0.495 e. The lowest BCUT2D eigenvalue weighted by molar-refractivity contribution is 0.134. The first-order chi connectivity index (χ1) is 13.1. The molecule has 1 heterocycles. The van der Waals surface area contributed by atoms with Crippen LogP contribution in [-0.2, 0) is 6.54 Å². The highest BCUT2D eigenvalue weighted by atomic mass is 16.5. The van der Waals surface area contributed by atoms with Gasteiger partial charge in [-0.15, -0.1) is 0 Å². The van der Waals surface area contributed by atoms with Gasteiger partial charge in [0.15, 0.2) is 0 Å². The van der Waals surface area contributed by atoms with E-state index in [1.807, 2.05) is 46.2 Å². The normalized spacial score (nSPS) is 14.4. The number of para-hydroxylation sites is 2. The third kappa shape index (κ3) is 4.54. The Morgan fingerprint density at radius 2 is 1.63 bits per heavy atom. The van der Waals surface area contributed by atoms with Crippen LogP contribution in [0.15, 0.2) is 54.6 Å². The molecule has 27 heavy (non-hydrogen) atoms. The average Bonchev–Trinajstić information content (AvgIpc) is 2.72. The van der Waals surface area contributed by atoms with Gasteiger partial charge in [0.05, 0.1) is 12.8 Å². The van der Waals surface area contributed by atoms with Gasteiger partial charge < -0.3 is 19.4 Å². The standard InChI is InChI=1S/C22H29N3O2/c1-18(2)25(17-19-9-5-4-6-10-19)22(26)24-15-13-23(14-16-24)20-11-7-8-12-21(20)27-3/h4-12,18H,13-17H2,1-3H3. The fourth-order valence-electron chi connectivity index (χ4n) is 3.46. The number of amides is 2. The molecule has 3 rings (SSSR count). The summed E-state index contributed by atoms with van der Waals surface area (Å²) in [7, 11) is 1.70. The van der Waals surface area contributed by atoms with Crippen molar-refractivity contribution in [2.75, 3.05) is 38.2 Å². The zero-order valence-corrected chi connectivity index (χ0v) is 16.5. The van der Waals surface area contributed by atoms with Gasteiger partial charge in [-0.1, -0.05) is 42.5 Å². The Balaban J connectivity index is 1.64. The van der Waals surface area contributed by atoms with Gasteiger partial charge in [-0.25, -0.2) is 4.79 Å². The second-order valence-corrected chi connectivity index (χ2v) is 7.14. The summed E-state index contributed by atoms with van der Waals surface area (Å²) in [6, 6.07) is 18.5. The van der Waals surface area contributed by atoms with Crippen LogP contribution in [0.5, 0.6) is 5.75 Å². The van der Waals surface area contributed by atoms with Crippen molar-refractivity contribution >= 4 is 11.7 Å². The molecule has 0 bridgehead atoms. The summed E-state index contributed by atoms with van der Waals surface area (Å²) in [5.41, 5.74) is 2.25. The van der Waals surface area contributed by atoms with E-state index in [9.17, 15) is 4.79 Å². The van der Waals surface area contributed by atoms with Gasteiger partial charge in [0.2, 0.25) is 0 Å². The molecule has 0 N–H and O–H groups in total. The number of carbonyl (C=O) groups excluding carboxylic acids is 1. The summed E-state index contributed by atoms with van der Waals surface area (Å²) in [5.74, 6) is 0.880. The Morgan fingerprint density at radius 3 is 2.26 bits per heavy atom. The van der Waals surface area contributed by atoms with E-state index < -0.39 is 0 Å². The van der Waals surface area contributed by atoms with E-state index in [1.54, 1.807) is 7.11 Å². The molecule has 1 aliphatic rings. The molecule has 0 saturated carbocycles. The number of rotatable bonds is 5. The lowest BCUT2D eigenvalue weighted by Gasteiger charge is -2.40. The van der Waals surface area contributed by atoms with Gasteiger partial charge in [-0.05, 0) is 31.5 Å². The highest BCUT2D eigenvalue weighted by Gasteiger charge is 2.27. The van der Waals surface area contributed by atoms with Gasteiger partial charge in [0, 0.05) is 38.8 Å². The Kier molecular flexibility index (Phi) is 6.22. The molecule has 0 spiro atoms. The summed E-state index contributed by atoms with van der Waals surface area (Å²) in [4.78, 5) is 19.3. The molecule has 0 atom stereocenters. The molecule has 0 radical (unpaired) electrons. The number of piperazine rings is 1. The number of hydrogen-bond acceptors (Lipinski definition) is 3. The summed E-state index contributed by atoms with van der Waals surface area (Å²) >= 11 is 0. The molecule has 2 aromatic carbocycles. The number of benzene rings is 2. The molecule has 2 aromatic rings. The lowest BCUT2D eigenvalue weighted by atomic mass is 10.2. The minimum atomic E-state index is 0.119. The van der Waals surface area contributed by atoms with Crippen molar-refractivity contribution in [1.29, 1.82) is 0 Å². The number of ether oxygens (including phenoxy) is 1. The highest BCUT2D eigenvalue weighted by Crippen LogP contribution is 2.28. The van der Waals surface area contributed by atoms with E-state index >= 15 is 0 Å². The third-order valence-electron chi connectivity index (χ3n) is 5.04. The summed E-state index contributed by atoms with van der Waals surface area (Å²) in [6.45, 7) is 7.85. The van der Waals surface area contributed by atoms with Crippen LogP contribution in [0.1, 0.15) is 19.4 Å². The Labute approximate surface area is 162 Å². The van der Waals surface area contributed by atoms with Crippen molar-refractivity contribution in [3.63, 3.8) is 0 Å². The number of nitrogens with zero attached hydrogens (tertiary/aromatic N) is 3. The summed E-state index contributed by atoms with van der Waals surface area (Å²) in [6.07, 6.45) is 0. The maximum atomic E-state index is 13.1. The quantitative estimate of drug-likeness (QED) is 0.805. The fraction of sp³-hybridized carbons (Fsp3) is 0.409. The third-order valence-corrected chi connectivity index (χ3v) is 5.04. The van der Waals surface area contributed by atoms with E-state index in [1.165, 1.54) is 0 Å². The molecule has 0 aliphatic carbocycles. The largest absolute Gasteiger partial charge is 0.495 e. The van der Waals surface area contributed by atoms with E-state index in [2.05, 4.69) is 36.9 Å². The molecule has 1 saturated heterocycles. The van der Waals surface area contributed by atoms with Crippen molar-refractivity contribution in [1.82, 2.24) is 9.80 Å². The maximum Gasteiger partial charge on any atom is 0.320 e. The zero-order valence-electron chi connectivity index (χ0n) is 16.5. The summed E-state index contributed by atoms with van der Waals surface area (Å²) < 4.78 is 5.48. The molecular formula is C22H29N3O2. The topological polar surface area (TPSA) is 36.0 Å². The van der Waals surface area contributed by atoms with Gasteiger partial charge in [0.25, 0.3) is 0 Å². The summed E-state index contributed by atoms with van der Waals surface area (Å²) in [5, 5.41) is 0. The molecule has 5 heteroatoms. The number of urea groups is 1. The average molecular weight is 367 g/mol. The number of hydrogen-bond donors (Lipinski definition) is 0. The van der Waals surface area contributed by atoms with Crippen LogP contribution in [-0.4, -0.2) is 55.2 Å². The Morgan fingerprint density at radius 1 is 1.00 bits per heavy atom. The van der Waals surface area contributed by atoms with Crippen molar-refractivity contribution in [3.05, 3.63) is 60.2 Å². The van der Waals surface area contributed by atoms with Crippen molar-refractivity contribution in [2.24, 2.45) is 0 Å². The monoisotopic (exact) mass is 367 g/mol. The maximum absolute atomic E-state index is 13.1. The lowest BCUT2D eigenvalue weighted by Crippen LogP contribution is -2.54. The highest BCUT2D eigenvalue weighted by molar-refractivity contribution is 5.75. The SMILES string of the molecule is COc1ccccc1N1CCN(C(=O)N(Cc2ccccc2)C(C)C)CC1. The van der Waals surface area contributed by atoms with Gasteiger partial charge in [0.1, 0.15) is 5.75 Å². The van der Waals surface area contributed by atoms with Crippen LogP contribution in [0.2, 0.25) is 0 Å². The minimum absolute atomic E-state index is 0.119. The molecule has 0 unspecified atom stereocenters. The van der Waals surface area contributed by atoms with E-state index in [4.69, 9.17) is 4.74 Å². The number of methoxy groups -OCH3 is 1. The Bertz CT molecular complexity index is 740. The van der Waals surface area contributed by atoms with Crippen LogP contribution in [0, 0.1) is 0 Å². The second kappa shape index (κ2) is 8.80. The molecule has 2 amide bonds. The number of anilines is 1. The van der Waals surface area contributed by atoms with E-state index in [0.29, 0.717) is 6.54 Å². The second-order valence-electron chi connectivity index (χ2n) is 7.14. The smallest absolute Gasteiger partial charge is 0.320 e. The van der Waals surface area contributed by atoms with Crippen LogP contribution in [0.25, 0.3) is 0 Å². The fourth-order valence-corrected chi connectivity index (χ4v) is 3.46. The van der Waals surface area contributed by atoms with Crippen LogP contribution >= 0.6 is 0 Å². The predicted molar refractivity (Wildman–Crippen MR) is 109 cm³/mol. The molecule has 5 nitrogen and oxygen atoms in total. The molecular weight excluding hydrogens is 338 g/mol. The van der Waals surface area contributed by atoms with Gasteiger partial charge in [-0.3, -0.25) is 0 Å².